The Labute approximate surface area is 196 Å². The van der Waals surface area contributed by atoms with Crippen molar-refractivity contribution in [2.24, 2.45) is 0 Å². The number of ether oxygens (including phenoxy) is 1. The van der Waals surface area contributed by atoms with E-state index in [0.29, 0.717) is 30.1 Å². The van der Waals surface area contributed by atoms with Crippen LogP contribution in [-0.2, 0) is 16.4 Å². The number of hydrogen-bond acceptors (Lipinski definition) is 7. The van der Waals surface area contributed by atoms with Crippen LogP contribution in [0.15, 0.2) is 69.7 Å². The van der Waals surface area contributed by atoms with Crippen LogP contribution in [0.1, 0.15) is 12.2 Å². The number of fused-ring (bicyclic) bond motifs is 1. The third-order valence-electron chi connectivity index (χ3n) is 5.20. The van der Waals surface area contributed by atoms with E-state index in [-0.39, 0.29) is 10.5 Å². The molecule has 9 heteroatoms. The third kappa shape index (κ3) is 5.68. The number of H-pyrrole nitrogens is 1. The Morgan fingerprint density at radius 3 is 2.52 bits per heavy atom. The molecule has 2 heterocycles. The molecule has 172 valence electrons. The van der Waals surface area contributed by atoms with Crippen LogP contribution in [0, 0.1) is 0 Å². The average Bonchev–Trinajstić information content (AvgIpc) is 3.22. The molecule has 0 aliphatic rings. The summed E-state index contributed by atoms with van der Waals surface area (Å²) in [4.78, 5) is 23.5. The quantitative estimate of drug-likeness (QED) is 0.362. The van der Waals surface area contributed by atoms with E-state index < -0.39 is 9.84 Å². The lowest BCUT2D eigenvalue weighted by molar-refractivity contribution is 0.255. The largest absolute Gasteiger partial charge is 0.494 e. The van der Waals surface area contributed by atoms with E-state index in [1.807, 2.05) is 42.8 Å². The zero-order chi connectivity index (χ0) is 23.4. The number of rotatable bonds is 9. The molecule has 0 atom stereocenters. The molecule has 0 saturated carbocycles. The van der Waals surface area contributed by atoms with Crippen molar-refractivity contribution in [1.82, 2.24) is 14.9 Å². The van der Waals surface area contributed by atoms with Crippen LogP contribution in [0.2, 0.25) is 0 Å². The van der Waals surface area contributed by atoms with Crippen LogP contribution in [-0.4, -0.2) is 49.7 Å². The first-order valence-electron chi connectivity index (χ1n) is 10.5. The Morgan fingerprint density at radius 1 is 1.09 bits per heavy atom. The molecular weight excluding hydrogens is 458 g/mol. The van der Waals surface area contributed by atoms with Gasteiger partial charge in [-0.25, -0.2) is 13.4 Å². The lowest BCUT2D eigenvalue weighted by atomic mass is 10.1. The maximum Gasteiger partial charge on any atom is 0.260 e. The van der Waals surface area contributed by atoms with Gasteiger partial charge in [-0.05, 0) is 43.3 Å². The third-order valence-corrected chi connectivity index (χ3v) is 7.20. The zero-order valence-corrected chi connectivity index (χ0v) is 20.1. The van der Waals surface area contributed by atoms with E-state index in [1.165, 1.54) is 17.6 Å². The summed E-state index contributed by atoms with van der Waals surface area (Å²) in [5.41, 5.74) is 1.79. The van der Waals surface area contributed by atoms with Gasteiger partial charge in [0.25, 0.3) is 5.56 Å². The Bertz CT molecular complexity index is 1400. The summed E-state index contributed by atoms with van der Waals surface area (Å²) in [6.45, 7) is 1.77. The number of aromatic amines is 1. The minimum Gasteiger partial charge on any atom is -0.494 e. The summed E-state index contributed by atoms with van der Waals surface area (Å²) in [6, 6.07) is 16.3. The van der Waals surface area contributed by atoms with E-state index in [2.05, 4.69) is 14.9 Å². The maximum atomic E-state index is 12.8. The van der Waals surface area contributed by atoms with Gasteiger partial charge in [0.2, 0.25) is 0 Å². The average molecular weight is 484 g/mol. The fourth-order valence-electron chi connectivity index (χ4n) is 3.54. The van der Waals surface area contributed by atoms with E-state index >= 15 is 0 Å². The second kappa shape index (κ2) is 9.86. The molecule has 0 amide bonds. The fraction of sp³-hybridized carbons (Fsp3) is 0.250. The summed E-state index contributed by atoms with van der Waals surface area (Å²) in [5.74, 6) is 1.27. The van der Waals surface area contributed by atoms with Gasteiger partial charge < -0.3 is 9.72 Å². The summed E-state index contributed by atoms with van der Waals surface area (Å²) in [6.07, 6.45) is 1.95. The zero-order valence-electron chi connectivity index (χ0n) is 18.4. The highest BCUT2D eigenvalue weighted by Crippen LogP contribution is 2.30. The van der Waals surface area contributed by atoms with Gasteiger partial charge in [-0.1, -0.05) is 30.3 Å². The van der Waals surface area contributed by atoms with Crippen molar-refractivity contribution in [3.63, 3.8) is 0 Å². The normalized spacial score (nSPS) is 11.8. The topological polar surface area (TPSA) is 92.4 Å². The fourth-order valence-corrected chi connectivity index (χ4v) is 5.14. The van der Waals surface area contributed by atoms with Gasteiger partial charge in [0.05, 0.1) is 23.4 Å². The molecule has 1 N–H and O–H groups in total. The van der Waals surface area contributed by atoms with E-state index in [1.54, 1.807) is 24.3 Å². The summed E-state index contributed by atoms with van der Waals surface area (Å²) < 4.78 is 28.7. The molecule has 0 saturated heterocycles. The van der Waals surface area contributed by atoms with Crippen molar-refractivity contribution in [1.29, 1.82) is 0 Å². The predicted molar refractivity (Wildman–Crippen MR) is 132 cm³/mol. The Kier molecular flexibility index (Phi) is 6.92. The minimum atomic E-state index is -3.21. The van der Waals surface area contributed by atoms with Crippen LogP contribution < -0.4 is 10.3 Å². The molecule has 7 nitrogen and oxygen atoms in total. The molecule has 0 fully saturated rings. The summed E-state index contributed by atoms with van der Waals surface area (Å²) in [5, 5.41) is 2.61. The van der Waals surface area contributed by atoms with Crippen molar-refractivity contribution < 1.29 is 13.2 Å². The highest BCUT2D eigenvalue weighted by Gasteiger charge is 2.13. The molecule has 33 heavy (non-hydrogen) atoms. The number of nitrogens with one attached hydrogen (secondary N) is 1. The summed E-state index contributed by atoms with van der Waals surface area (Å²) in [7, 11) is -1.24. The van der Waals surface area contributed by atoms with Gasteiger partial charge in [0, 0.05) is 23.7 Å². The molecule has 4 rings (SSSR count). The first kappa shape index (κ1) is 23.2. The number of benzene rings is 2. The van der Waals surface area contributed by atoms with Gasteiger partial charge in [0.1, 0.15) is 16.4 Å². The van der Waals surface area contributed by atoms with Gasteiger partial charge in [0.15, 0.2) is 9.84 Å². The monoisotopic (exact) mass is 483 g/mol. The molecule has 4 aromatic rings. The molecule has 0 radical (unpaired) electrons. The Hall–Kier alpha value is -3.01. The highest BCUT2D eigenvalue weighted by molar-refractivity contribution is 7.90. The van der Waals surface area contributed by atoms with Gasteiger partial charge in [-0.15, -0.1) is 11.3 Å². The lowest BCUT2D eigenvalue weighted by Crippen LogP contribution is -2.24. The number of aromatic nitrogens is 2. The Balaban J connectivity index is 1.33. The highest BCUT2D eigenvalue weighted by atomic mass is 32.2. The van der Waals surface area contributed by atoms with Crippen LogP contribution in [0.5, 0.6) is 5.75 Å². The molecule has 2 aromatic carbocycles. The second-order valence-corrected chi connectivity index (χ2v) is 10.8. The van der Waals surface area contributed by atoms with Crippen molar-refractivity contribution in [3.8, 4) is 16.9 Å². The van der Waals surface area contributed by atoms with Crippen LogP contribution in [0.3, 0.4) is 0 Å². The molecule has 0 spiro atoms. The SMILES string of the molecule is CN(CCCOc1ccc(S(C)(=O)=O)cc1)Cc1nc2scc(-c3ccccc3)c2c(=O)[nH]1. The first-order chi connectivity index (χ1) is 15.8. The van der Waals surface area contributed by atoms with Crippen LogP contribution in [0.25, 0.3) is 21.3 Å². The van der Waals surface area contributed by atoms with Gasteiger partial charge in [-0.2, -0.15) is 0 Å². The minimum absolute atomic E-state index is 0.121. The maximum absolute atomic E-state index is 12.8. The van der Waals surface area contributed by atoms with E-state index in [4.69, 9.17) is 4.74 Å². The van der Waals surface area contributed by atoms with Crippen molar-refractivity contribution in [2.45, 2.75) is 17.9 Å². The molecule has 0 unspecified atom stereocenters. The lowest BCUT2D eigenvalue weighted by Gasteiger charge is -2.16. The van der Waals surface area contributed by atoms with Crippen LogP contribution >= 0.6 is 11.3 Å². The number of hydrogen-bond donors (Lipinski definition) is 1. The van der Waals surface area contributed by atoms with Gasteiger partial charge in [-0.3, -0.25) is 9.69 Å². The van der Waals surface area contributed by atoms with E-state index in [0.717, 1.165) is 28.9 Å². The van der Waals surface area contributed by atoms with E-state index in [9.17, 15) is 13.2 Å². The number of thiophene rings is 1. The van der Waals surface area contributed by atoms with Crippen molar-refractivity contribution in [2.75, 3.05) is 26.5 Å². The molecule has 2 aromatic heterocycles. The summed E-state index contributed by atoms with van der Waals surface area (Å²) >= 11 is 1.48. The van der Waals surface area contributed by atoms with Crippen LogP contribution in [0.4, 0.5) is 0 Å². The molecule has 0 aliphatic heterocycles. The first-order valence-corrected chi connectivity index (χ1v) is 13.3. The Morgan fingerprint density at radius 2 is 1.82 bits per heavy atom. The second-order valence-electron chi connectivity index (χ2n) is 7.89. The molecule has 0 bridgehead atoms. The van der Waals surface area contributed by atoms with Crippen molar-refractivity contribution in [3.05, 3.63) is 76.2 Å². The molecular formula is C24H25N3O4S2. The standard InChI is InChI=1S/C24H25N3O4S2/c1-27(13-6-14-31-18-9-11-19(12-10-18)33(2,29)30)15-21-25-23(28)22-20(16-32-24(22)26-21)17-7-4-3-5-8-17/h3-5,7-12,16H,6,13-15H2,1-2H3,(H,25,26,28). The van der Waals surface area contributed by atoms with Gasteiger partial charge >= 0.3 is 0 Å². The molecule has 0 aliphatic carbocycles. The smallest absolute Gasteiger partial charge is 0.260 e. The number of sulfone groups is 1. The van der Waals surface area contributed by atoms with Crippen molar-refractivity contribution >= 4 is 31.4 Å². The number of nitrogens with zero attached hydrogens (tertiary/aromatic N) is 2. The predicted octanol–water partition coefficient (Wildman–Crippen LogP) is 3.96.